The smallest absolute Gasteiger partial charge is 0.261 e. The molecule has 2 aromatic heterocycles. The molecular weight excluding hydrogens is 396 g/mol. The van der Waals surface area contributed by atoms with Gasteiger partial charge in [-0.25, -0.2) is 9.50 Å². The van der Waals surface area contributed by atoms with Gasteiger partial charge in [-0.2, -0.15) is 5.10 Å². The molecule has 1 aromatic carbocycles. The van der Waals surface area contributed by atoms with Gasteiger partial charge in [0.25, 0.3) is 5.91 Å². The van der Waals surface area contributed by atoms with Gasteiger partial charge in [0.1, 0.15) is 17.9 Å². The van der Waals surface area contributed by atoms with Crippen molar-refractivity contribution in [3.63, 3.8) is 0 Å². The predicted molar refractivity (Wildman–Crippen MR) is 118 cm³/mol. The number of hydrogen-bond acceptors (Lipinski definition) is 7. The van der Waals surface area contributed by atoms with Crippen LogP contribution >= 0.6 is 0 Å². The van der Waals surface area contributed by atoms with E-state index in [0.29, 0.717) is 23.7 Å². The second-order valence-corrected chi connectivity index (χ2v) is 8.17. The molecule has 2 aliphatic rings. The molecular formula is C22H26N6O3. The van der Waals surface area contributed by atoms with E-state index in [0.717, 1.165) is 60.9 Å². The minimum Gasteiger partial charge on any atom is -0.490 e. The summed E-state index contributed by atoms with van der Waals surface area (Å²) in [5.41, 5.74) is 4.42. The fourth-order valence-electron chi connectivity index (χ4n) is 4.21. The number of nitrogens with zero attached hydrogens (tertiary/aromatic N) is 4. The molecule has 9 heteroatoms. The molecule has 1 fully saturated rings. The molecule has 162 valence electrons. The number of nitrogens with one attached hydrogen (secondary N) is 2. The number of ether oxygens (including phenoxy) is 1. The van der Waals surface area contributed by atoms with Crippen molar-refractivity contribution in [2.45, 2.75) is 19.8 Å². The maximum Gasteiger partial charge on any atom is 0.261 e. The van der Waals surface area contributed by atoms with Crippen LogP contribution in [0.25, 0.3) is 5.65 Å². The molecule has 0 radical (unpaired) electrons. The number of carbonyl (C=O) groups excluding carboxylic acids is 1. The van der Waals surface area contributed by atoms with Crippen LogP contribution in [0.2, 0.25) is 0 Å². The van der Waals surface area contributed by atoms with Gasteiger partial charge in [-0.05, 0) is 37.3 Å². The summed E-state index contributed by atoms with van der Waals surface area (Å²) in [6, 6.07) is 3.93. The highest BCUT2D eigenvalue weighted by atomic mass is 16.5. The van der Waals surface area contributed by atoms with Crippen LogP contribution in [0.15, 0.2) is 30.7 Å². The van der Waals surface area contributed by atoms with Crippen molar-refractivity contribution in [3.8, 4) is 5.75 Å². The number of aromatic nitrogens is 3. The number of hydrogen-bond donors (Lipinski definition) is 3. The molecule has 0 aliphatic carbocycles. The van der Waals surface area contributed by atoms with Gasteiger partial charge < -0.3 is 25.4 Å². The molecule has 0 spiro atoms. The number of benzene rings is 1. The number of aryl methyl sites for hydroxylation is 1. The van der Waals surface area contributed by atoms with Crippen LogP contribution in [-0.2, 0) is 0 Å². The van der Waals surface area contributed by atoms with Crippen molar-refractivity contribution < 1.29 is 14.6 Å². The third-order valence-corrected chi connectivity index (χ3v) is 5.96. The Hall–Kier alpha value is -3.33. The second kappa shape index (κ2) is 8.07. The molecule has 0 atom stereocenters. The Morgan fingerprint density at radius 3 is 2.97 bits per heavy atom. The number of anilines is 3. The molecule has 5 rings (SSSR count). The summed E-state index contributed by atoms with van der Waals surface area (Å²) < 4.78 is 7.45. The molecule has 0 saturated carbocycles. The zero-order valence-electron chi connectivity index (χ0n) is 17.5. The van der Waals surface area contributed by atoms with Gasteiger partial charge in [0.05, 0.1) is 23.3 Å². The fourth-order valence-corrected chi connectivity index (χ4v) is 4.21. The Balaban J connectivity index is 1.47. The highest BCUT2D eigenvalue weighted by Crippen LogP contribution is 2.40. The minimum absolute atomic E-state index is 0.218. The average Bonchev–Trinajstić information content (AvgIpc) is 3.22. The van der Waals surface area contributed by atoms with Gasteiger partial charge in [-0.15, -0.1) is 0 Å². The number of carbonyl (C=O) groups is 1. The molecule has 0 unspecified atom stereocenters. The molecule has 31 heavy (non-hydrogen) atoms. The van der Waals surface area contributed by atoms with Gasteiger partial charge in [0, 0.05) is 44.7 Å². The van der Waals surface area contributed by atoms with Crippen LogP contribution in [0.1, 0.15) is 28.8 Å². The number of piperidine rings is 1. The standard InChI is InChI=1S/C22H26N6O3/c1-14-10-24-21-16(11-25-28(21)12-14)22(30)26-17-8-18-20(31-7-4-23-18)9-19(17)27-5-2-15(13-29)3-6-27/h8-12,15,23,29H,2-7,13H2,1H3,(H,26,30). The Labute approximate surface area is 180 Å². The first-order valence-corrected chi connectivity index (χ1v) is 10.6. The van der Waals surface area contributed by atoms with E-state index in [1.54, 1.807) is 16.9 Å². The molecule has 2 aliphatic heterocycles. The summed E-state index contributed by atoms with van der Waals surface area (Å²) >= 11 is 0. The maximum absolute atomic E-state index is 13.2. The van der Waals surface area contributed by atoms with Crippen LogP contribution in [0.5, 0.6) is 5.75 Å². The predicted octanol–water partition coefficient (Wildman–Crippen LogP) is 2.30. The largest absolute Gasteiger partial charge is 0.490 e. The fraction of sp³-hybridized carbons (Fsp3) is 0.409. The van der Waals surface area contributed by atoms with Gasteiger partial charge in [0.2, 0.25) is 0 Å². The van der Waals surface area contributed by atoms with Gasteiger partial charge in [0.15, 0.2) is 5.65 Å². The number of aliphatic hydroxyl groups excluding tert-OH is 1. The van der Waals surface area contributed by atoms with E-state index in [1.165, 1.54) is 0 Å². The zero-order chi connectivity index (χ0) is 21.4. The van der Waals surface area contributed by atoms with Gasteiger partial charge in [-0.3, -0.25) is 4.79 Å². The highest BCUT2D eigenvalue weighted by molar-refractivity contribution is 6.09. The summed E-state index contributed by atoms with van der Waals surface area (Å²) in [6.45, 7) is 5.12. The third-order valence-electron chi connectivity index (χ3n) is 5.96. The van der Waals surface area contributed by atoms with Crippen LogP contribution in [0.4, 0.5) is 17.1 Å². The van der Waals surface area contributed by atoms with Crippen molar-refractivity contribution in [1.29, 1.82) is 0 Å². The van der Waals surface area contributed by atoms with E-state index in [4.69, 9.17) is 4.74 Å². The summed E-state index contributed by atoms with van der Waals surface area (Å²) in [5.74, 6) is 0.865. The lowest BCUT2D eigenvalue weighted by molar-refractivity contribution is 0.102. The van der Waals surface area contributed by atoms with E-state index >= 15 is 0 Å². The van der Waals surface area contributed by atoms with Crippen LogP contribution in [0, 0.1) is 12.8 Å². The monoisotopic (exact) mass is 422 g/mol. The van der Waals surface area contributed by atoms with E-state index in [2.05, 4.69) is 25.6 Å². The number of aliphatic hydroxyl groups is 1. The average molecular weight is 422 g/mol. The summed E-state index contributed by atoms with van der Waals surface area (Å²) in [5, 5.41) is 20.2. The number of fused-ring (bicyclic) bond motifs is 2. The molecule has 1 saturated heterocycles. The Bertz CT molecular complexity index is 1120. The van der Waals surface area contributed by atoms with Crippen molar-refractivity contribution in [1.82, 2.24) is 14.6 Å². The molecule has 0 bridgehead atoms. The summed E-state index contributed by atoms with van der Waals surface area (Å²) in [4.78, 5) is 19.8. The summed E-state index contributed by atoms with van der Waals surface area (Å²) in [7, 11) is 0. The van der Waals surface area contributed by atoms with Crippen LogP contribution in [0.3, 0.4) is 0 Å². The molecule has 3 aromatic rings. The summed E-state index contributed by atoms with van der Waals surface area (Å²) in [6.07, 6.45) is 6.94. The van der Waals surface area contributed by atoms with E-state index in [1.807, 2.05) is 25.3 Å². The zero-order valence-corrected chi connectivity index (χ0v) is 17.5. The van der Waals surface area contributed by atoms with Crippen molar-refractivity contribution in [3.05, 3.63) is 41.9 Å². The second-order valence-electron chi connectivity index (χ2n) is 8.17. The molecule has 3 N–H and O–H groups in total. The van der Waals surface area contributed by atoms with Crippen LogP contribution < -0.4 is 20.3 Å². The Kier molecular flexibility index (Phi) is 5.11. The first-order chi connectivity index (χ1) is 15.1. The molecule has 4 heterocycles. The van der Waals surface area contributed by atoms with Crippen molar-refractivity contribution >= 4 is 28.6 Å². The van der Waals surface area contributed by atoms with E-state index in [9.17, 15) is 9.90 Å². The van der Waals surface area contributed by atoms with Gasteiger partial charge >= 0.3 is 0 Å². The SMILES string of the molecule is Cc1cnc2c(C(=O)Nc3cc4c(cc3N3CCC(CO)CC3)OCCN4)cnn2c1. The lowest BCUT2D eigenvalue weighted by atomic mass is 9.97. The third kappa shape index (κ3) is 3.76. The first kappa shape index (κ1) is 19.6. The normalized spacial score (nSPS) is 16.5. The Morgan fingerprint density at radius 2 is 2.16 bits per heavy atom. The first-order valence-electron chi connectivity index (χ1n) is 10.6. The lowest BCUT2D eigenvalue weighted by Gasteiger charge is -2.35. The van der Waals surface area contributed by atoms with Crippen LogP contribution in [-0.4, -0.2) is 58.5 Å². The minimum atomic E-state index is -0.255. The molecule has 9 nitrogen and oxygen atoms in total. The van der Waals surface area contributed by atoms with Crippen molar-refractivity contribution in [2.24, 2.45) is 5.92 Å². The Morgan fingerprint density at radius 1 is 1.32 bits per heavy atom. The van der Waals surface area contributed by atoms with Gasteiger partial charge in [-0.1, -0.05) is 0 Å². The van der Waals surface area contributed by atoms with E-state index < -0.39 is 0 Å². The number of amides is 1. The lowest BCUT2D eigenvalue weighted by Crippen LogP contribution is -2.35. The van der Waals surface area contributed by atoms with Crippen molar-refractivity contribution in [2.75, 3.05) is 48.4 Å². The number of rotatable bonds is 4. The molecule has 1 amide bonds. The topological polar surface area (TPSA) is 104 Å². The van der Waals surface area contributed by atoms with E-state index in [-0.39, 0.29) is 12.5 Å². The maximum atomic E-state index is 13.2. The quantitative estimate of drug-likeness (QED) is 0.593. The highest BCUT2D eigenvalue weighted by Gasteiger charge is 2.25.